The SMILES string of the molecule is CNCCC(=O)NCc1c(C)noc1C.Cl. The quantitative estimate of drug-likeness (QED) is 0.813. The van der Waals surface area contributed by atoms with E-state index in [1.165, 1.54) is 0 Å². The Morgan fingerprint density at radius 2 is 2.12 bits per heavy atom. The van der Waals surface area contributed by atoms with Crippen LogP contribution in [0.15, 0.2) is 4.52 Å². The van der Waals surface area contributed by atoms with E-state index in [9.17, 15) is 4.79 Å². The van der Waals surface area contributed by atoms with Gasteiger partial charge in [0.1, 0.15) is 5.76 Å². The molecule has 16 heavy (non-hydrogen) atoms. The summed E-state index contributed by atoms with van der Waals surface area (Å²) in [6, 6.07) is 0. The third-order valence-electron chi connectivity index (χ3n) is 2.25. The van der Waals surface area contributed by atoms with Crippen LogP contribution in [-0.4, -0.2) is 24.7 Å². The summed E-state index contributed by atoms with van der Waals surface area (Å²) in [6.45, 7) is 4.89. The fourth-order valence-electron chi connectivity index (χ4n) is 1.27. The number of hydrogen-bond donors (Lipinski definition) is 2. The minimum atomic E-state index is 0. The lowest BCUT2D eigenvalue weighted by molar-refractivity contribution is -0.121. The average Bonchev–Trinajstić information content (AvgIpc) is 2.53. The van der Waals surface area contributed by atoms with E-state index in [2.05, 4.69) is 15.8 Å². The maximum Gasteiger partial charge on any atom is 0.221 e. The van der Waals surface area contributed by atoms with Crippen LogP contribution in [0, 0.1) is 13.8 Å². The second-order valence-corrected chi connectivity index (χ2v) is 3.43. The lowest BCUT2D eigenvalue weighted by Crippen LogP contribution is -2.26. The summed E-state index contributed by atoms with van der Waals surface area (Å²) >= 11 is 0. The first-order valence-corrected chi connectivity index (χ1v) is 4.98. The summed E-state index contributed by atoms with van der Waals surface area (Å²) in [5, 5.41) is 9.56. The first kappa shape index (κ1) is 14.9. The van der Waals surface area contributed by atoms with Gasteiger partial charge in [-0.1, -0.05) is 5.16 Å². The van der Waals surface area contributed by atoms with Crippen molar-refractivity contribution in [2.45, 2.75) is 26.8 Å². The molecule has 1 heterocycles. The number of halogens is 1. The Kier molecular flexibility index (Phi) is 6.76. The number of carbonyl (C=O) groups excluding carboxylic acids is 1. The molecule has 0 saturated carbocycles. The van der Waals surface area contributed by atoms with Crippen molar-refractivity contribution >= 4 is 18.3 Å². The van der Waals surface area contributed by atoms with Crippen LogP contribution >= 0.6 is 12.4 Å². The zero-order valence-corrected chi connectivity index (χ0v) is 10.6. The van der Waals surface area contributed by atoms with Gasteiger partial charge in [0.05, 0.1) is 5.69 Å². The van der Waals surface area contributed by atoms with Gasteiger partial charge in [-0.2, -0.15) is 0 Å². The van der Waals surface area contributed by atoms with Gasteiger partial charge in [-0.05, 0) is 20.9 Å². The minimum Gasteiger partial charge on any atom is -0.361 e. The smallest absolute Gasteiger partial charge is 0.221 e. The maximum absolute atomic E-state index is 11.3. The van der Waals surface area contributed by atoms with Crippen LogP contribution in [0.4, 0.5) is 0 Å². The third kappa shape index (κ3) is 4.20. The van der Waals surface area contributed by atoms with E-state index in [0.29, 0.717) is 19.5 Å². The third-order valence-corrected chi connectivity index (χ3v) is 2.25. The summed E-state index contributed by atoms with van der Waals surface area (Å²) in [5.74, 6) is 0.797. The molecule has 5 nitrogen and oxygen atoms in total. The zero-order chi connectivity index (χ0) is 11.3. The molecule has 0 aliphatic heterocycles. The van der Waals surface area contributed by atoms with E-state index < -0.39 is 0 Å². The number of nitrogens with one attached hydrogen (secondary N) is 2. The standard InChI is InChI=1S/C10H17N3O2.ClH/c1-7-9(8(2)15-13-7)6-12-10(14)4-5-11-3;/h11H,4-6H2,1-3H3,(H,12,14);1H. The van der Waals surface area contributed by atoms with Gasteiger partial charge < -0.3 is 15.2 Å². The highest BCUT2D eigenvalue weighted by molar-refractivity contribution is 5.85. The van der Waals surface area contributed by atoms with Crippen LogP contribution in [0.3, 0.4) is 0 Å². The van der Waals surface area contributed by atoms with Crippen LogP contribution in [-0.2, 0) is 11.3 Å². The molecular formula is C10H18ClN3O2. The van der Waals surface area contributed by atoms with Gasteiger partial charge in [-0.15, -0.1) is 12.4 Å². The topological polar surface area (TPSA) is 67.2 Å². The van der Waals surface area contributed by atoms with Gasteiger partial charge in [0, 0.05) is 25.1 Å². The van der Waals surface area contributed by atoms with Crippen LogP contribution in [0.5, 0.6) is 0 Å². The number of rotatable bonds is 5. The van der Waals surface area contributed by atoms with Crippen LogP contribution in [0.25, 0.3) is 0 Å². The molecule has 1 rings (SSSR count). The summed E-state index contributed by atoms with van der Waals surface area (Å²) in [7, 11) is 1.82. The summed E-state index contributed by atoms with van der Waals surface area (Å²) in [4.78, 5) is 11.3. The highest BCUT2D eigenvalue weighted by Gasteiger charge is 2.09. The second-order valence-electron chi connectivity index (χ2n) is 3.43. The predicted molar refractivity (Wildman–Crippen MR) is 63.6 cm³/mol. The Morgan fingerprint density at radius 1 is 1.44 bits per heavy atom. The van der Waals surface area contributed by atoms with Crippen molar-refractivity contribution in [3.05, 3.63) is 17.0 Å². The predicted octanol–water partition coefficient (Wildman–Crippen LogP) is 0.939. The van der Waals surface area contributed by atoms with Crippen molar-refractivity contribution in [2.75, 3.05) is 13.6 Å². The molecule has 0 aliphatic carbocycles. The molecule has 1 aromatic rings. The molecule has 92 valence electrons. The molecule has 0 unspecified atom stereocenters. The Bertz CT molecular complexity index is 319. The molecule has 1 amide bonds. The molecule has 2 N–H and O–H groups in total. The molecule has 0 bridgehead atoms. The van der Waals surface area contributed by atoms with Crippen molar-refractivity contribution < 1.29 is 9.32 Å². The van der Waals surface area contributed by atoms with E-state index in [4.69, 9.17) is 4.52 Å². The van der Waals surface area contributed by atoms with Gasteiger partial charge in [-0.3, -0.25) is 4.79 Å². The fourth-order valence-corrected chi connectivity index (χ4v) is 1.27. The normalized spacial score (nSPS) is 9.69. The van der Waals surface area contributed by atoms with Crippen LogP contribution in [0.1, 0.15) is 23.4 Å². The Morgan fingerprint density at radius 3 is 2.62 bits per heavy atom. The van der Waals surface area contributed by atoms with Gasteiger partial charge in [-0.25, -0.2) is 0 Å². The maximum atomic E-state index is 11.3. The van der Waals surface area contributed by atoms with E-state index in [1.807, 2.05) is 20.9 Å². The van der Waals surface area contributed by atoms with Crippen molar-refractivity contribution in [3.8, 4) is 0 Å². The van der Waals surface area contributed by atoms with Crippen molar-refractivity contribution in [1.29, 1.82) is 0 Å². The molecule has 0 fully saturated rings. The van der Waals surface area contributed by atoms with E-state index in [-0.39, 0.29) is 18.3 Å². The Labute approximate surface area is 101 Å². The molecule has 0 saturated heterocycles. The summed E-state index contributed by atoms with van der Waals surface area (Å²) in [6.07, 6.45) is 0.486. The van der Waals surface area contributed by atoms with Gasteiger partial charge in [0.25, 0.3) is 0 Å². The number of amides is 1. The average molecular weight is 248 g/mol. The summed E-state index contributed by atoms with van der Waals surface area (Å²) < 4.78 is 5.00. The molecule has 6 heteroatoms. The van der Waals surface area contributed by atoms with Gasteiger partial charge in [0.2, 0.25) is 5.91 Å². The number of carbonyl (C=O) groups is 1. The van der Waals surface area contributed by atoms with Crippen molar-refractivity contribution in [2.24, 2.45) is 0 Å². The molecule has 0 radical (unpaired) electrons. The molecule has 1 aromatic heterocycles. The fraction of sp³-hybridized carbons (Fsp3) is 0.600. The molecular weight excluding hydrogens is 230 g/mol. The van der Waals surface area contributed by atoms with Crippen LogP contribution in [0.2, 0.25) is 0 Å². The first-order chi connectivity index (χ1) is 7.15. The van der Waals surface area contributed by atoms with Gasteiger partial charge in [0.15, 0.2) is 0 Å². The Hall–Kier alpha value is -1.07. The lowest BCUT2D eigenvalue weighted by atomic mass is 10.2. The summed E-state index contributed by atoms with van der Waals surface area (Å²) in [5.41, 5.74) is 1.80. The van der Waals surface area contributed by atoms with E-state index >= 15 is 0 Å². The van der Waals surface area contributed by atoms with E-state index in [1.54, 1.807) is 0 Å². The van der Waals surface area contributed by atoms with Gasteiger partial charge >= 0.3 is 0 Å². The molecule has 0 spiro atoms. The van der Waals surface area contributed by atoms with Crippen molar-refractivity contribution in [1.82, 2.24) is 15.8 Å². The second kappa shape index (κ2) is 7.24. The van der Waals surface area contributed by atoms with Crippen LogP contribution < -0.4 is 10.6 Å². The lowest BCUT2D eigenvalue weighted by Gasteiger charge is -2.04. The largest absolute Gasteiger partial charge is 0.361 e. The molecule has 0 atom stereocenters. The minimum absolute atomic E-state index is 0. The number of hydrogen-bond acceptors (Lipinski definition) is 4. The molecule has 0 aromatic carbocycles. The highest BCUT2D eigenvalue weighted by Crippen LogP contribution is 2.11. The monoisotopic (exact) mass is 247 g/mol. The zero-order valence-electron chi connectivity index (χ0n) is 9.79. The number of aromatic nitrogens is 1. The Balaban J connectivity index is 0.00000225. The van der Waals surface area contributed by atoms with Crippen molar-refractivity contribution in [3.63, 3.8) is 0 Å². The number of aryl methyl sites for hydroxylation is 2. The highest BCUT2D eigenvalue weighted by atomic mass is 35.5. The van der Waals surface area contributed by atoms with E-state index in [0.717, 1.165) is 17.0 Å². The molecule has 0 aliphatic rings. The first-order valence-electron chi connectivity index (χ1n) is 4.98. The number of nitrogens with zero attached hydrogens (tertiary/aromatic N) is 1.